The Morgan fingerprint density at radius 1 is 1.22 bits per heavy atom. The molecule has 0 bridgehead atoms. The van der Waals surface area contributed by atoms with Gasteiger partial charge in [0, 0.05) is 34.8 Å². The predicted octanol–water partition coefficient (Wildman–Crippen LogP) is 4.22. The van der Waals surface area contributed by atoms with Gasteiger partial charge in [-0.15, -0.1) is 10.2 Å². The molecule has 0 radical (unpaired) electrons. The molecule has 0 amide bonds. The molecule has 0 spiro atoms. The summed E-state index contributed by atoms with van der Waals surface area (Å²) < 4.78 is 37.9. The third-order valence-electron chi connectivity index (χ3n) is 7.86. The quantitative estimate of drug-likeness (QED) is 0.396. The molecule has 10 heteroatoms. The second kappa shape index (κ2) is 8.26. The highest BCUT2D eigenvalue weighted by molar-refractivity contribution is 14.1. The summed E-state index contributed by atoms with van der Waals surface area (Å²) in [4.78, 5) is 0. The molecule has 2 aromatic heterocycles. The van der Waals surface area contributed by atoms with E-state index in [0.717, 1.165) is 30.6 Å². The van der Waals surface area contributed by atoms with Gasteiger partial charge in [-0.1, -0.05) is 43.4 Å². The number of aromatic nitrogens is 3. The SMILES string of the molecule is C[C@H]1[C@@H](COc2cc3nnc(NS(=O)(=O)N4CCC4)n3cc2C2CC2)CC[C@@H](I)C1(C)C. The molecule has 1 N–H and O–H groups in total. The third kappa shape index (κ3) is 4.11. The molecule has 3 heterocycles. The fourth-order valence-corrected chi connectivity index (χ4v) is 7.00. The maximum atomic E-state index is 12.5. The van der Waals surface area contributed by atoms with Gasteiger partial charge in [0.1, 0.15) is 5.75 Å². The molecule has 2 aliphatic carbocycles. The van der Waals surface area contributed by atoms with E-state index in [2.05, 4.69) is 58.3 Å². The van der Waals surface area contributed by atoms with E-state index in [9.17, 15) is 8.42 Å². The summed E-state index contributed by atoms with van der Waals surface area (Å²) in [6.45, 7) is 8.91. The molecular weight excluding hydrogens is 541 g/mol. The fourth-order valence-electron chi connectivity index (χ4n) is 4.84. The lowest BCUT2D eigenvalue weighted by Gasteiger charge is -2.45. The van der Waals surface area contributed by atoms with Gasteiger partial charge in [0.25, 0.3) is 0 Å². The van der Waals surface area contributed by atoms with E-state index >= 15 is 0 Å². The van der Waals surface area contributed by atoms with Crippen molar-refractivity contribution < 1.29 is 13.2 Å². The van der Waals surface area contributed by atoms with Gasteiger partial charge in [-0.05, 0) is 55.3 Å². The Bertz CT molecular complexity index is 1110. The first-order valence-corrected chi connectivity index (χ1v) is 14.3. The van der Waals surface area contributed by atoms with Crippen LogP contribution in [-0.4, -0.2) is 50.9 Å². The molecule has 3 atom stereocenters. The van der Waals surface area contributed by atoms with Crippen LogP contribution in [0.1, 0.15) is 64.4 Å². The maximum absolute atomic E-state index is 12.5. The van der Waals surface area contributed by atoms with Crippen LogP contribution >= 0.6 is 22.6 Å². The molecule has 176 valence electrons. The number of alkyl halides is 1. The first-order valence-electron chi connectivity index (χ1n) is 11.6. The van der Waals surface area contributed by atoms with Crippen molar-refractivity contribution >= 4 is 44.4 Å². The predicted molar refractivity (Wildman–Crippen MR) is 133 cm³/mol. The van der Waals surface area contributed by atoms with Gasteiger partial charge in [-0.3, -0.25) is 4.40 Å². The summed E-state index contributed by atoms with van der Waals surface area (Å²) in [5.41, 5.74) is 2.01. The van der Waals surface area contributed by atoms with Crippen LogP contribution in [0.3, 0.4) is 0 Å². The van der Waals surface area contributed by atoms with Crippen LogP contribution in [0.5, 0.6) is 5.75 Å². The Labute approximate surface area is 203 Å². The van der Waals surface area contributed by atoms with E-state index < -0.39 is 10.2 Å². The number of rotatable bonds is 7. The highest BCUT2D eigenvalue weighted by Gasteiger charge is 2.42. The van der Waals surface area contributed by atoms with Crippen molar-refractivity contribution in [1.29, 1.82) is 0 Å². The number of ether oxygens (including phenoxy) is 1. The Hall–Kier alpha value is -1.14. The van der Waals surface area contributed by atoms with Gasteiger partial charge in [-0.2, -0.15) is 12.7 Å². The van der Waals surface area contributed by atoms with Gasteiger partial charge in [0.05, 0.1) is 6.61 Å². The maximum Gasteiger partial charge on any atom is 0.303 e. The Morgan fingerprint density at radius 3 is 2.62 bits per heavy atom. The topological polar surface area (TPSA) is 88.8 Å². The number of nitrogens with zero attached hydrogens (tertiary/aromatic N) is 4. The van der Waals surface area contributed by atoms with Crippen LogP contribution in [0.25, 0.3) is 5.65 Å². The second-order valence-electron chi connectivity index (χ2n) is 10.2. The number of hydrogen-bond acceptors (Lipinski definition) is 5. The van der Waals surface area contributed by atoms with E-state index in [1.165, 1.54) is 17.1 Å². The van der Waals surface area contributed by atoms with E-state index in [-0.39, 0.29) is 5.95 Å². The van der Waals surface area contributed by atoms with Crippen molar-refractivity contribution in [3.63, 3.8) is 0 Å². The highest BCUT2D eigenvalue weighted by Crippen LogP contribution is 2.48. The molecule has 3 fully saturated rings. The van der Waals surface area contributed by atoms with Crippen molar-refractivity contribution in [1.82, 2.24) is 18.9 Å². The molecule has 1 saturated heterocycles. The Morgan fingerprint density at radius 2 is 1.97 bits per heavy atom. The lowest BCUT2D eigenvalue weighted by Crippen LogP contribution is -2.45. The van der Waals surface area contributed by atoms with Crippen LogP contribution in [0.2, 0.25) is 0 Å². The van der Waals surface area contributed by atoms with Gasteiger partial charge in [0.15, 0.2) is 5.65 Å². The summed E-state index contributed by atoms with van der Waals surface area (Å²) in [5.74, 6) is 2.66. The van der Waals surface area contributed by atoms with E-state index in [0.29, 0.717) is 52.4 Å². The lowest BCUT2D eigenvalue weighted by molar-refractivity contribution is 0.0670. The Balaban J connectivity index is 1.38. The van der Waals surface area contributed by atoms with Crippen molar-refractivity contribution in [3.8, 4) is 5.75 Å². The molecule has 2 saturated carbocycles. The van der Waals surface area contributed by atoms with Crippen LogP contribution < -0.4 is 9.46 Å². The molecule has 0 unspecified atom stereocenters. The van der Waals surface area contributed by atoms with Crippen molar-refractivity contribution in [2.75, 3.05) is 24.4 Å². The molecule has 2 aromatic rings. The standard InChI is InChI=1S/C22H32IN5O3S/c1-14-16(7-8-19(23)22(14,2)3)13-31-18-11-20-24-25-21(26-32(29,30)27-9-4-10-27)28(20)12-17(18)15-5-6-15/h11-12,14-16,19H,4-10,13H2,1-3H3,(H,25,26)/t14-,16+,19+/m0/s1. The molecule has 8 nitrogen and oxygen atoms in total. The van der Waals surface area contributed by atoms with Gasteiger partial charge in [0.2, 0.25) is 5.95 Å². The number of hydrogen-bond donors (Lipinski definition) is 1. The largest absolute Gasteiger partial charge is 0.493 e. The Kier molecular flexibility index (Phi) is 5.85. The second-order valence-corrected chi connectivity index (χ2v) is 13.4. The van der Waals surface area contributed by atoms with Crippen molar-refractivity contribution in [2.45, 2.75) is 62.7 Å². The molecule has 3 aliphatic rings. The number of anilines is 1. The molecular formula is C22H32IN5O3S. The van der Waals surface area contributed by atoms with Crippen LogP contribution in [-0.2, 0) is 10.2 Å². The van der Waals surface area contributed by atoms with Crippen LogP contribution in [0.15, 0.2) is 12.3 Å². The highest BCUT2D eigenvalue weighted by atomic mass is 127. The average molecular weight is 574 g/mol. The van der Waals surface area contributed by atoms with Gasteiger partial charge < -0.3 is 4.74 Å². The fraction of sp³-hybridized carbons (Fsp3) is 0.727. The zero-order valence-corrected chi connectivity index (χ0v) is 21.9. The van der Waals surface area contributed by atoms with Crippen molar-refractivity contribution in [3.05, 3.63) is 17.8 Å². The van der Waals surface area contributed by atoms with E-state index in [1.807, 2.05) is 12.3 Å². The van der Waals surface area contributed by atoms with Gasteiger partial charge in [-0.25, -0.2) is 4.72 Å². The smallest absolute Gasteiger partial charge is 0.303 e. The van der Waals surface area contributed by atoms with Crippen molar-refractivity contribution in [2.24, 2.45) is 17.3 Å². The first kappa shape index (κ1) is 22.6. The number of halogens is 1. The number of pyridine rings is 1. The lowest BCUT2D eigenvalue weighted by atomic mass is 9.65. The van der Waals surface area contributed by atoms with Crippen LogP contribution in [0, 0.1) is 17.3 Å². The average Bonchev–Trinajstić information content (AvgIpc) is 3.46. The molecule has 1 aliphatic heterocycles. The summed E-state index contributed by atoms with van der Waals surface area (Å²) in [5, 5.41) is 8.33. The minimum Gasteiger partial charge on any atom is -0.493 e. The summed E-state index contributed by atoms with van der Waals surface area (Å²) in [7, 11) is -3.58. The van der Waals surface area contributed by atoms with E-state index in [1.54, 1.807) is 4.40 Å². The monoisotopic (exact) mass is 573 g/mol. The minimum atomic E-state index is -3.58. The number of fused-ring (bicyclic) bond motifs is 1. The summed E-state index contributed by atoms with van der Waals surface area (Å²) in [6.07, 6.45) is 7.52. The van der Waals surface area contributed by atoms with E-state index in [4.69, 9.17) is 4.74 Å². The zero-order valence-electron chi connectivity index (χ0n) is 18.9. The first-order chi connectivity index (χ1) is 15.2. The minimum absolute atomic E-state index is 0.232. The van der Waals surface area contributed by atoms with Gasteiger partial charge >= 0.3 is 10.2 Å². The molecule has 32 heavy (non-hydrogen) atoms. The van der Waals surface area contributed by atoms with Crippen LogP contribution in [0.4, 0.5) is 5.95 Å². The third-order valence-corrected chi connectivity index (χ3v) is 11.6. The zero-order chi connectivity index (χ0) is 22.7. The number of nitrogens with one attached hydrogen (secondary N) is 1. The molecule has 0 aromatic carbocycles. The molecule has 5 rings (SSSR count). The normalized spacial score (nSPS) is 28.4. The summed E-state index contributed by atoms with van der Waals surface area (Å²) in [6, 6.07) is 1.92. The summed E-state index contributed by atoms with van der Waals surface area (Å²) >= 11 is 2.61.